The fraction of sp³-hybridized carbons (Fsp3) is 0.417. The number of nitrogens with two attached hydrogens (primary N) is 1. The van der Waals surface area contributed by atoms with Gasteiger partial charge < -0.3 is 15.8 Å². The highest BCUT2D eigenvalue weighted by Crippen LogP contribution is 2.35. The van der Waals surface area contributed by atoms with Crippen molar-refractivity contribution in [3.8, 4) is 5.75 Å². The Balaban J connectivity index is 2.22. The summed E-state index contributed by atoms with van der Waals surface area (Å²) in [5, 5.41) is 2.88. The smallest absolute Gasteiger partial charge is 0.229 e. The predicted molar refractivity (Wildman–Crippen MR) is 70.1 cm³/mol. The molecule has 0 saturated heterocycles. The van der Waals surface area contributed by atoms with Crippen molar-refractivity contribution in [3.05, 3.63) is 22.2 Å². The van der Waals surface area contributed by atoms with Crippen LogP contribution in [0, 0.1) is 12.8 Å². The van der Waals surface area contributed by atoms with Gasteiger partial charge >= 0.3 is 0 Å². The van der Waals surface area contributed by atoms with Crippen LogP contribution < -0.4 is 15.8 Å². The molecule has 1 amide bonds. The fourth-order valence-corrected chi connectivity index (χ4v) is 2.32. The Morgan fingerprint density at radius 1 is 1.59 bits per heavy atom. The van der Waals surface area contributed by atoms with Gasteiger partial charge in [-0.15, -0.1) is 0 Å². The first-order valence-electron chi connectivity index (χ1n) is 5.43. The SMILES string of the molecule is COc1cc(Br)cc(C)c1NC(=O)C1CC1N. The molecule has 3 N–H and O–H groups in total. The molecular weight excluding hydrogens is 284 g/mol. The molecule has 5 heteroatoms. The van der Waals surface area contributed by atoms with Gasteiger partial charge in [0.05, 0.1) is 18.7 Å². The number of anilines is 1. The van der Waals surface area contributed by atoms with Crippen molar-refractivity contribution in [2.45, 2.75) is 19.4 Å². The Labute approximate surface area is 109 Å². The average Bonchev–Trinajstić information content (AvgIpc) is 2.99. The third-order valence-corrected chi connectivity index (χ3v) is 3.37. The molecule has 0 radical (unpaired) electrons. The molecule has 0 spiro atoms. The maximum Gasteiger partial charge on any atom is 0.229 e. The molecule has 2 rings (SSSR count). The molecule has 2 atom stereocenters. The van der Waals surface area contributed by atoms with Gasteiger partial charge in [0.1, 0.15) is 5.75 Å². The quantitative estimate of drug-likeness (QED) is 0.898. The van der Waals surface area contributed by atoms with E-state index in [1.54, 1.807) is 7.11 Å². The highest BCUT2D eigenvalue weighted by atomic mass is 79.9. The third kappa shape index (κ3) is 2.61. The molecule has 1 aromatic carbocycles. The molecular formula is C12H15BrN2O2. The van der Waals surface area contributed by atoms with Gasteiger partial charge in [-0.3, -0.25) is 4.79 Å². The lowest BCUT2D eigenvalue weighted by molar-refractivity contribution is -0.117. The summed E-state index contributed by atoms with van der Waals surface area (Å²) >= 11 is 3.39. The fourth-order valence-electron chi connectivity index (χ4n) is 1.77. The minimum absolute atomic E-state index is 0.0109. The number of methoxy groups -OCH3 is 1. The van der Waals surface area contributed by atoms with E-state index >= 15 is 0 Å². The zero-order valence-electron chi connectivity index (χ0n) is 9.79. The van der Waals surface area contributed by atoms with Gasteiger partial charge in [-0.05, 0) is 31.0 Å². The molecule has 1 aliphatic carbocycles. The molecule has 0 heterocycles. The number of hydrogen-bond donors (Lipinski definition) is 2. The van der Waals surface area contributed by atoms with E-state index < -0.39 is 0 Å². The van der Waals surface area contributed by atoms with Crippen LogP contribution in [-0.2, 0) is 4.79 Å². The third-order valence-electron chi connectivity index (χ3n) is 2.91. The molecule has 4 nitrogen and oxygen atoms in total. The highest BCUT2D eigenvalue weighted by molar-refractivity contribution is 9.10. The normalized spacial score (nSPS) is 22.1. The van der Waals surface area contributed by atoms with Crippen molar-refractivity contribution in [2.75, 3.05) is 12.4 Å². The van der Waals surface area contributed by atoms with Gasteiger partial charge in [0.25, 0.3) is 0 Å². The van der Waals surface area contributed by atoms with Gasteiger partial charge in [0.15, 0.2) is 0 Å². The van der Waals surface area contributed by atoms with Crippen LogP contribution >= 0.6 is 15.9 Å². The molecule has 0 bridgehead atoms. The summed E-state index contributed by atoms with van der Waals surface area (Å²) in [6.45, 7) is 1.93. The summed E-state index contributed by atoms with van der Waals surface area (Å²) in [6.07, 6.45) is 0.768. The molecule has 1 aromatic rings. The van der Waals surface area contributed by atoms with Gasteiger partial charge in [-0.25, -0.2) is 0 Å². The molecule has 1 saturated carbocycles. The first-order chi connectivity index (χ1) is 8.02. The Hall–Kier alpha value is -1.07. The lowest BCUT2D eigenvalue weighted by Crippen LogP contribution is -2.19. The van der Waals surface area contributed by atoms with Gasteiger partial charge in [0, 0.05) is 10.5 Å². The molecule has 1 fully saturated rings. The van der Waals surface area contributed by atoms with E-state index in [1.807, 2.05) is 19.1 Å². The highest BCUT2D eigenvalue weighted by Gasteiger charge is 2.40. The van der Waals surface area contributed by atoms with Crippen molar-refractivity contribution < 1.29 is 9.53 Å². The van der Waals surface area contributed by atoms with Gasteiger partial charge in [0.2, 0.25) is 5.91 Å². The first-order valence-corrected chi connectivity index (χ1v) is 6.23. The number of halogens is 1. The first kappa shape index (κ1) is 12.4. The molecule has 0 aromatic heterocycles. The summed E-state index contributed by atoms with van der Waals surface area (Å²) in [5.41, 5.74) is 7.33. The standard InChI is InChI=1S/C12H15BrN2O2/c1-6-3-7(13)4-10(17-2)11(6)15-12(16)8-5-9(8)14/h3-4,8-9H,5,14H2,1-2H3,(H,15,16). The number of carbonyl (C=O) groups excluding carboxylic acids is 1. The number of rotatable bonds is 3. The second-order valence-electron chi connectivity index (χ2n) is 4.30. The Morgan fingerprint density at radius 2 is 2.24 bits per heavy atom. The zero-order valence-corrected chi connectivity index (χ0v) is 11.4. The lowest BCUT2D eigenvalue weighted by atomic mass is 10.1. The van der Waals surface area contributed by atoms with Crippen LogP contribution in [0.25, 0.3) is 0 Å². The van der Waals surface area contributed by atoms with E-state index in [0.717, 1.165) is 22.1 Å². The largest absolute Gasteiger partial charge is 0.495 e. The maximum atomic E-state index is 11.8. The van der Waals surface area contributed by atoms with Crippen molar-refractivity contribution in [3.63, 3.8) is 0 Å². The van der Waals surface area contributed by atoms with Crippen LogP contribution in [-0.4, -0.2) is 19.1 Å². The van der Waals surface area contributed by atoms with Crippen LogP contribution in [0.1, 0.15) is 12.0 Å². The zero-order chi connectivity index (χ0) is 12.6. The molecule has 0 aliphatic heterocycles. The molecule has 2 unspecified atom stereocenters. The van der Waals surface area contributed by atoms with Crippen LogP contribution in [0.15, 0.2) is 16.6 Å². The van der Waals surface area contributed by atoms with E-state index in [0.29, 0.717) is 5.75 Å². The molecule has 92 valence electrons. The van der Waals surface area contributed by atoms with Crippen molar-refractivity contribution in [2.24, 2.45) is 11.7 Å². The van der Waals surface area contributed by atoms with E-state index in [-0.39, 0.29) is 17.9 Å². The van der Waals surface area contributed by atoms with Gasteiger partial charge in [-0.1, -0.05) is 15.9 Å². The minimum Gasteiger partial charge on any atom is -0.495 e. The number of nitrogens with one attached hydrogen (secondary N) is 1. The average molecular weight is 299 g/mol. The van der Waals surface area contributed by atoms with Crippen molar-refractivity contribution in [1.82, 2.24) is 0 Å². The molecule has 17 heavy (non-hydrogen) atoms. The topological polar surface area (TPSA) is 64.3 Å². The van der Waals surface area contributed by atoms with Crippen LogP contribution in [0.5, 0.6) is 5.75 Å². The summed E-state index contributed by atoms with van der Waals surface area (Å²) in [6, 6.07) is 3.78. The second kappa shape index (κ2) is 4.66. The van der Waals surface area contributed by atoms with Crippen molar-refractivity contribution >= 4 is 27.5 Å². The van der Waals surface area contributed by atoms with Crippen molar-refractivity contribution in [1.29, 1.82) is 0 Å². The Morgan fingerprint density at radius 3 is 2.76 bits per heavy atom. The van der Waals surface area contributed by atoms with E-state index in [2.05, 4.69) is 21.2 Å². The van der Waals surface area contributed by atoms with Crippen LogP contribution in [0.4, 0.5) is 5.69 Å². The summed E-state index contributed by atoms with van der Waals surface area (Å²) < 4.78 is 6.18. The van der Waals surface area contributed by atoms with E-state index in [4.69, 9.17) is 10.5 Å². The summed E-state index contributed by atoms with van der Waals surface area (Å²) in [5.74, 6) is 0.573. The molecule has 1 aliphatic rings. The number of carbonyl (C=O) groups is 1. The van der Waals surface area contributed by atoms with Crippen LogP contribution in [0.3, 0.4) is 0 Å². The number of benzene rings is 1. The van der Waals surface area contributed by atoms with E-state index in [9.17, 15) is 4.79 Å². The number of ether oxygens (including phenoxy) is 1. The summed E-state index contributed by atoms with van der Waals surface area (Å²) in [7, 11) is 1.58. The Kier molecular flexibility index (Phi) is 3.40. The lowest BCUT2D eigenvalue weighted by Gasteiger charge is -2.13. The second-order valence-corrected chi connectivity index (χ2v) is 5.21. The maximum absolute atomic E-state index is 11.8. The van der Waals surface area contributed by atoms with E-state index in [1.165, 1.54) is 0 Å². The summed E-state index contributed by atoms with van der Waals surface area (Å²) in [4.78, 5) is 11.8. The monoisotopic (exact) mass is 298 g/mol. The number of amides is 1. The minimum atomic E-state index is -0.0530. The number of aryl methyl sites for hydroxylation is 1. The predicted octanol–water partition coefficient (Wildman–Crippen LogP) is 2.05. The Bertz CT molecular complexity index is 462. The van der Waals surface area contributed by atoms with Gasteiger partial charge in [-0.2, -0.15) is 0 Å². The number of hydrogen-bond acceptors (Lipinski definition) is 3. The van der Waals surface area contributed by atoms with Crippen LogP contribution in [0.2, 0.25) is 0 Å².